The predicted molar refractivity (Wildman–Crippen MR) is 308 cm³/mol. The van der Waals surface area contributed by atoms with Crippen LogP contribution in [0.3, 0.4) is 0 Å². The molecular formula is C62H131NSi2. The highest BCUT2D eigenvalue weighted by Gasteiger charge is 2.30. The molecule has 0 fully saturated rings. The van der Waals surface area contributed by atoms with Crippen LogP contribution >= 0.6 is 0 Å². The van der Waals surface area contributed by atoms with Gasteiger partial charge in [0.1, 0.15) is 16.5 Å². The lowest BCUT2D eigenvalue weighted by Crippen LogP contribution is -2.58. The Morgan fingerprint density at radius 1 is 0.169 bits per heavy atom. The Kier molecular flexibility index (Phi) is 54.1. The summed E-state index contributed by atoms with van der Waals surface area (Å²) in [6.07, 6.45) is 80.0. The van der Waals surface area contributed by atoms with Crippen LogP contribution in [0.5, 0.6) is 0 Å². The smallest absolute Gasteiger partial charge is 0.112 e. The molecule has 0 aromatic rings. The largest absolute Gasteiger partial charge is 0.359 e. The molecule has 0 aliphatic heterocycles. The van der Waals surface area contributed by atoms with Crippen LogP contribution in [-0.2, 0) is 0 Å². The van der Waals surface area contributed by atoms with E-state index in [1.54, 1.807) is 0 Å². The minimum absolute atomic E-state index is 1.27. The molecule has 0 heterocycles. The van der Waals surface area contributed by atoms with Crippen molar-refractivity contribution in [3.8, 4) is 0 Å². The van der Waals surface area contributed by atoms with Gasteiger partial charge in [-0.05, 0) is 12.1 Å². The van der Waals surface area contributed by atoms with E-state index in [0.29, 0.717) is 0 Å². The molecule has 392 valence electrons. The van der Waals surface area contributed by atoms with E-state index in [4.69, 9.17) is 0 Å². The lowest BCUT2D eigenvalue weighted by molar-refractivity contribution is 0.515. The zero-order chi connectivity index (χ0) is 47.3. The molecule has 3 heteroatoms. The van der Waals surface area contributed by atoms with Crippen LogP contribution in [0.2, 0.25) is 38.3 Å². The second-order valence-electron chi connectivity index (χ2n) is 23.8. The van der Waals surface area contributed by atoms with E-state index in [0.717, 1.165) is 0 Å². The van der Waals surface area contributed by atoms with Gasteiger partial charge in [0, 0.05) is 0 Å². The molecule has 0 spiro atoms. The van der Waals surface area contributed by atoms with E-state index in [1.165, 1.54) is 359 Å². The molecule has 0 atom stereocenters. The maximum atomic E-state index is 4.35. The number of nitrogens with one attached hydrogen (secondary N) is 1. The molecule has 0 saturated heterocycles. The van der Waals surface area contributed by atoms with E-state index < -0.39 is 16.5 Å². The van der Waals surface area contributed by atoms with Crippen LogP contribution in [0.1, 0.15) is 361 Å². The number of unbranched alkanes of at least 4 members (excludes halogenated alkanes) is 52. The van der Waals surface area contributed by atoms with Crippen molar-refractivity contribution in [1.82, 2.24) is 4.65 Å². The molecule has 1 nitrogen and oxygen atoms in total. The van der Waals surface area contributed by atoms with Gasteiger partial charge in [0.2, 0.25) is 0 Å². The Hall–Kier alpha value is 0.394. The number of rotatable bonds is 58. The van der Waals surface area contributed by atoms with Crippen LogP contribution in [0.25, 0.3) is 0 Å². The first-order valence-electron chi connectivity index (χ1n) is 31.6. The van der Waals surface area contributed by atoms with Crippen molar-refractivity contribution >= 4 is 16.5 Å². The SMILES string of the molecule is CCCCCCCCCCCCCCCCCCCCCCCCCCCCC[Si](C)(C)N[Si](C)(C)CCCCCCCCCCCCCCCCCCCCCCCCCCCCC. The van der Waals surface area contributed by atoms with Crippen LogP contribution in [0.4, 0.5) is 0 Å². The second kappa shape index (κ2) is 53.7. The van der Waals surface area contributed by atoms with Gasteiger partial charge in [0.15, 0.2) is 0 Å². The van der Waals surface area contributed by atoms with Crippen LogP contribution in [0.15, 0.2) is 0 Å². The summed E-state index contributed by atoms with van der Waals surface area (Å²) in [5, 5.41) is 0. The summed E-state index contributed by atoms with van der Waals surface area (Å²) < 4.78 is 4.35. The predicted octanol–water partition coefficient (Wildman–Crippen LogP) is 24.1. The molecule has 0 bridgehead atoms. The summed E-state index contributed by atoms with van der Waals surface area (Å²) >= 11 is 0. The topological polar surface area (TPSA) is 12.0 Å². The van der Waals surface area contributed by atoms with Gasteiger partial charge in [0.05, 0.1) is 0 Å². The summed E-state index contributed by atoms with van der Waals surface area (Å²) in [4.78, 5) is 0. The molecule has 65 heavy (non-hydrogen) atoms. The molecule has 0 saturated carbocycles. The van der Waals surface area contributed by atoms with Crippen molar-refractivity contribution in [2.45, 2.75) is 399 Å². The average Bonchev–Trinajstić information content (AvgIpc) is 3.28. The third-order valence-corrected chi connectivity index (χ3v) is 24.1. The third-order valence-electron chi connectivity index (χ3n) is 15.5. The molecule has 0 aliphatic rings. The minimum Gasteiger partial charge on any atom is -0.359 e. The minimum atomic E-state index is -1.27. The number of hydrogen-bond donors (Lipinski definition) is 1. The highest BCUT2D eigenvalue weighted by molar-refractivity contribution is 6.91. The fourth-order valence-corrected chi connectivity index (χ4v) is 21.8. The number of hydrogen-bond acceptors (Lipinski definition) is 1. The highest BCUT2D eigenvalue weighted by Crippen LogP contribution is 2.22. The lowest BCUT2D eigenvalue weighted by atomic mass is 10.0. The van der Waals surface area contributed by atoms with Gasteiger partial charge in [-0.25, -0.2) is 0 Å². The van der Waals surface area contributed by atoms with Crippen molar-refractivity contribution < 1.29 is 0 Å². The summed E-state index contributed by atoms with van der Waals surface area (Å²) in [7, 11) is -2.54. The fourth-order valence-electron chi connectivity index (χ4n) is 11.2. The quantitative estimate of drug-likeness (QED) is 0.0473. The second-order valence-corrected chi connectivity index (χ2v) is 33.3. The van der Waals surface area contributed by atoms with Crippen LogP contribution in [0, 0.1) is 0 Å². The first-order valence-corrected chi connectivity index (χ1v) is 38.0. The Labute approximate surface area is 417 Å². The molecule has 0 unspecified atom stereocenters. The maximum absolute atomic E-state index is 4.35. The molecule has 0 rings (SSSR count). The van der Waals surface area contributed by atoms with Crippen molar-refractivity contribution in [2.24, 2.45) is 0 Å². The Bertz CT molecular complexity index is 787. The highest BCUT2D eigenvalue weighted by atomic mass is 28.4. The monoisotopic (exact) mass is 946 g/mol. The molecule has 0 amide bonds. The van der Waals surface area contributed by atoms with Gasteiger partial charge in [-0.3, -0.25) is 0 Å². The van der Waals surface area contributed by atoms with Crippen LogP contribution in [-0.4, -0.2) is 16.5 Å². The van der Waals surface area contributed by atoms with Gasteiger partial charge in [0.25, 0.3) is 0 Å². The summed E-state index contributed by atoms with van der Waals surface area (Å²) in [6, 6.07) is 2.98. The summed E-state index contributed by atoms with van der Waals surface area (Å²) in [6.45, 7) is 15.1. The molecule has 0 radical (unpaired) electrons. The average molecular weight is 947 g/mol. The first kappa shape index (κ1) is 65.4. The summed E-state index contributed by atoms with van der Waals surface area (Å²) in [5.41, 5.74) is 0. The Morgan fingerprint density at radius 2 is 0.277 bits per heavy atom. The van der Waals surface area contributed by atoms with Crippen molar-refractivity contribution in [1.29, 1.82) is 0 Å². The fraction of sp³-hybridized carbons (Fsp3) is 1.00. The van der Waals surface area contributed by atoms with E-state index in [2.05, 4.69) is 44.7 Å². The normalized spacial score (nSPS) is 12.3. The van der Waals surface area contributed by atoms with Crippen molar-refractivity contribution in [2.75, 3.05) is 0 Å². The Balaban J connectivity index is 3.39. The van der Waals surface area contributed by atoms with E-state index in [1.807, 2.05) is 0 Å². The molecule has 0 aliphatic carbocycles. The van der Waals surface area contributed by atoms with E-state index >= 15 is 0 Å². The zero-order valence-corrected chi connectivity index (χ0v) is 49.1. The first-order chi connectivity index (χ1) is 31.8. The molecule has 1 N–H and O–H groups in total. The van der Waals surface area contributed by atoms with Crippen molar-refractivity contribution in [3.05, 3.63) is 0 Å². The van der Waals surface area contributed by atoms with Gasteiger partial charge >= 0.3 is 0 Å². The van der Waals surface area contributed by atoms with Gasteiger partial charge in [-0.2, -0.15) is 0 Å². The van der Waals surface area contributed by atoms with Crippen LogP contribution < -0.4 is 4.65 Å². The lowest BCUT2D eigenvalue weighted by Gasteiger charge is -2.35. The van der Waals surface area contributed by atoms with Gasteiger partial charge < -0.3 is 4.65 Å². The standard InChI is InChI=1S/C62H131NSi2/c1-7-9-11-13-15-17-19-21-23-25-27-29-31-33-35-37-39-41-43-45-47-49-51-53-55-57-59-61-64(3,4)63-65(5,6)62-60-58-56-54-52-50-48-46-44-42-40-38-36-34-32-30-28-26-24-22-20-18-16-14-12-10-8-2/h63H,7-62H2,1-6H3. The molecular weight excluding hydrogens is 815 g/mol. The zero-order valence-electron chi connectivity index (χ0n) is 47.1. The van der Waals surface area contributed by atoms with Gasteiger partial charge in [-0.1, -0.05) is 387 Å². The maximum Gasteiger partial charge on any atom is 0.112 e. The van der Waals surface area contributed by atoms with Gasteiger partial charge in [-0.15, -0.1) is 0 Å². The van der Waals surface area contributed by atoms with Crippen molar-refractivity contribution in [3.63, 3.8) is 0 Å². The third kappa shape index (κ3) is 56.9. The van der Waals surface area contributed by atoms with E-state index in [-0.39, 0.29) is 0 Å². The molecule has 0 aromatic carbocycles. The molecule has 0 aromatic heterocycles. The Morgan fingerprint density at radius 3 is 0.400 bits per heavy atom. The van der Waals surface area contributed by atoms with E-state index in [9.17, 15) is 0 Å². The summed E-state index contributed by atoms with van der Waals surface area (Å²) in [5.74, 6) is 0.